The molecule has 0 bridgehead atoms. The average Bonchev–Trinajstić information content (AvgIpc) is 2.68. The number of aromatic nitrogens is 3. The minimum atomic E-state index is 0.0430. The van der Waals surface area contributed by atoms with E-state index >= 15 is 0 Å². The largest absolute Gasteiger partial charge is 0.299 e. The van der Waals surface area contributed by atoms with Gasteiger partial charge in [0.05, 0.1) is 12.2 Å². The van der Waals surface area contributed by atoms with Crippen molar-refractivity contribution in [2.24, 2.45) is 0 Å². The van der Waals surface area contributed by atoms with Crippen LogP contribution >= 0.6 is 11.8 Å². The summed E-state index contributed by atoms with van der Waals surface area (Å²) >= 11 is 1.88. The van der Waals surface area contributed by atoms with Crippen LogP contribution in [0.15, 0.2) is 35.4 Å². The molecule has 7 heteroatoms. The van der Waals surface area contributed by atoms with Crippen molar-refractivity contribution < 1.29 is 0 Å². The van der Waals surface area contributed by atoms with Crippen molar-refractivity contribution in [2.45, 2.75) is 25.3 Å². The number of aryl methyl sites for hydroxylation is 1. The summed E-state index contributed by atoms with van der Waals surface area (Å²) in [5.41, 5.74) is 3.56. The second-order valence-corrected chi connectivity index (χ2v) is 8.06. The van der Waals surface area contributed by atoms with Crippen LogP contribution in [0, 0.1) is 0 Å². The number of rotatable bonds is 5. The highest BCUT2D eigenvalue weighted by Crippen LogP contribution is 2.21. The third-order valence-corrected chi connectivity index (χ3v) is 6.13. The summed E-state index contributed by atoms with van der Waals surface area (Å²) in [4.78, 5) is 21.4. The lowest BCUT2D eigenvalue weighted by atomic mass is 10.2. The molecular weight excluding hydrogens is 346 g/mol. The van der Waals surface area contributed by atoms with Crippen LogP contribution in [-0.2, 0) is 25.3 Å². The Balaban J connectivity index is 1.28. The fraction of sp³-hybridized carbons (Fsp3) is 0.526. The van der Waals surface area contributed by atoms with Crippen molar-refractivity contribution in [3.63, 3.8) is 0 Å². The van der Waals surface area contributed by atoms with Crippen molar-refractivity contribution in [1.29, 1.82) is 0 Å². The van der Waals surface area contributed by atoms with Gasteiger partial charge in [-0.2, -0.15) is 16.9 Å². The first-order chi connectivity index (χ1) is 12.8. The molecule has 1 saturated heterocycles. The molecule has 6 nitrogen and oxygen atoms in total. The Labute approximate surface area is 158 Å². The Morgan fingerprint density at radius 1 is 1.12 bits per heavy atom. The van der Waals surface area contributed by atoms with E-state index in [4.69, 9.17) is 0 Å². The molecule has 1 fully saturated rings. The van der Waals surface area contributed by atoms with Gasteiger partial charge in [-0.05, 0) is 22.9 Å². The van der Waals surface area contributed by atoms with Gasteiger partial charge in [-0.25, -0.2) is 4.68 Å². The van der Waals surface area contributed by atoms with Gasteiger partial charge in [-0.3, -0.25) is 19.6 Å². The van der Waals surface area contributed by atoms with Gasteiger partial charge in [-0.15, -0.1) is 0 Å². The maximum absolute atomic E-state index is 12.3. The Morgan fingerprint density at radius 3 is 2.77 bits per heavy atom. The zero-order chi connectivity index (χ0) is 17.8. The molecule has 0 radical (unpaired) electrons. The molecule has 2 aromatic heterocycles. The third-order valence-electron chi connectivity index (χ3n) is 5.13. The lowest BCUT2D eigenvalue weighted by Crippen LogP contribution is -2.47. The maximum Gasteiger partial charge on any atom is 0.267 e. The molecule has 4 rings (SSSR count). The first-order valence-electron chi connectivity index (χ1n) is 9.29. The molecule has 0 aromatic carbocycles. The van der Waals surface area contributed by atoms with Gasteiger partial charge in [0.1, 0.15) is 0 Å². The molecule has 0 atom stereocenters. The number of hydrogen-bond acceptors (Lipinski definition) is 6. The molecule has 0 unspecified atom stereocenters. The van der Waals surface area contributed by atoms with Crippen LogP contribution in [0.1, 0.15) is 16.8 Å². The van der Waals surface area contributed by atoms with Crippen LogP contribution in [0.25, 0.3) is 0 Å². The standard InChI is InChI=1S/C19H25N5OS/c25-19-12-17-15-26-11-3-18(17)21-24(19)10-9-22-5-7-23(8-6-22)14-16-2-1-4-20-13-16/h1-2,4,12-13H,3,5-11,14-15H2. The van der Waals surface area contributed by atoms with Crippen molar-refractivity contribution in [3.05, 3.63) is 57.8 Å². The second kappa shape index (κ2) is 8.33. The molecule has 2 aliphatic rings. The number of piperazine rings is 1. The van der Waals surface area contributed by atoms with E-state index in [-0.39, 0.29) is 5.56 Å². The molecule has 0 saturated carbocycles. The summed E-state index contributed by atoms with van der Waals surface area (Å²) in [6, 6.07) is 5.92. The molecule has 2 aliphatic heterocycles. The van der Waals surface area contributed by atoms with Gasteiger partial charge < -0.3 is 0 Å². The van der Waals surface area contributed by atoms with Crippen LogP contribution < -0.4 is 5.56 Å². The molecule has 0 aliphatic carbocycles. The number of pyridine rings is 1. The van der Waals surface area contributed by atoms with Crippen LogP contribution in [-0.4, -0.2) is 63.0 Å². The van der Waals surface area contributed by atoms with Crippen LogP contribution in [0.3, 0.4) is 0 Å². The second-order valence-electron chi connectivity index (χ2n) is 6.96. The van der Waals surface area contributed by atoms with Crippen LogP contribution in [0.4, 0.5) is 0 Å². The van der Waals surface area contributed by atoms with E-state index in [2.05, 4.69) is 25.9 Å². The zero-order valence-corrected chi connectivity index (χ0v) is 15.8. The highest BCUT2D eigenvalue weighted by molar-refractivity contribution is 7.98. The Morgan fingerprint density at radius 2 is 1.96 bits per heavy atom. The van der Waals surface area contributed by atoms with E-state index in [0.29, 0.717) is 6.54 Å². The predicted molar refractivity (Wildman–Crippen MR) is 104 cm³/mol. The number of thioether (sulfide) groups is 1. The fourth-order valence-corrected chi connectivity index (χ4v) is 4.52. The van der Waals surface area contributed by atoms with E-state index in [9.17, 15) is 4.79 Å². The van der Waals surface area contributed by atoms with Gasteiger partial charge in [0.15, 0.2) is 0 Å². The molecule has 26 heavy (non-hydrogen) atoms. The lowest BCUT2D eigenvalue weighted by Gasteiger charge is -2.34. The quantitative estimate of drug-likeness (QED) is 0.788. The van der Waals surface area contributed by atoms with E-state index in [1.54, 1.807) is 10.7 Å². The van der Waals surface area contributed by atoms with Gasteiger partial charge in [0, 0.05) is 69.9 Å². The summed E-state index contributed by atoms with van der Waals surface area (Å²) in [7, 11) is 0. The van der Waals surface area contributed by atoms with E-state index < -0.39 is 0 Å². The number of hydrogen-bond donors (Lipinski definition) is 0. The number of fused-ring (bicyclic) bond motifs is 1. The summed E-state index contributed by atoms with van der Waals surface area (Å²) < 4.78 is 1.66. The van der Waals surface area contributed by atoms with Crippen molar-refractivity contribution in [1.82, 2.24) is 24.6 Å². The molecule has 4 heterocycles. The molecule has 0 amide bonds. The summed E-state index contributed by atoms with van der Waals surface area (Å²) in [5, 5.41) is 4.61. The Hall–Kier alpha value is -1.70. The Kier molecular flexibility index (Phi) is 5.67. The van der Waals surface area contributed by atoms with Gasteiger partial charge >= 0.3 is 0 Å². The maximum atomic E-state index is 12.3. The highest BCUT2D eigenvalue weighted by Gasteiger charge is 2.18. The topological polar surface area (TPSA) is 54.3 Å². The normalized spacial score (nSPS) is 18.6. The SMILES string of the molecule is O=c1cc2c(nn1CCN1CCN(Cc3cccnc3)CC1)CCSC2. The van der Waals surface area contributed by atoms with E-state index in [1.165, 1.54) is 5.56 Å². The fourth-order valence-electron chi connectivity index (χ4n) is 3.57. The van der Waals surface area contributed by atoms with E-state index in [1.807, 2.05) is 30.2 Å². The molecule has 2 aromatic rings. The minimum Gasteiger partial charge on any atom is -0.299 e. The molecule has 0 N–H and O–H groups in total. The first-order valence-corrected chi connectivity index (χ1v) is 10.4. The van der Waals surface area contributed by atoms with Crippen molar-refractivity contribution in [2.75, 3.05) is 38.5 Å². The van der Waals surface area contributed by atoms with Gasteiger partial charge in [0.2, 0.25) is 0 Å². The van der Waals surface area contributed by atoms with Crippen LogP contribution in [0.2, 0.25) is 0 Å². The summed E-state index contributed by atoms with van der Waals surface area (Å²) in [6.07, 6.45) is 4.74. The monoisotopic (exact) mass is 371 g/mol. The lowest BCUT2D eigenvalue weighted by molar-refractivity contribution is 0.122. The smallest absolute Gasteiger partial charge is 0.267 e. The minimum absolute atomic E-state index is 0.0430. The van der Waals surface area contributed by atoms with Gasteiger partial charge in [0.25, 0.3) is 5.56 Å². The summed E-state index contributed by atoms with van der Waals surface area (Å²) in [6.45, 7) is 6.72. The van der Waals surface area contributed by atoms with Gasteiger partial charge in [-0.1, -0.05) is 6.07 Å². The highest BCUT2D eigenvalue weighted by atomic mass is 32.2. The Bertz CT molecular complexity index is 786. The van der Waals surface area contributed by atoms with Crippen LogP contribution in [0.5, 0.6) is 0 Å². The van der Waals surface area contributed by atoms with Crippen molar-refractivity contribution >= 4 is 11.8 Å². The average molecular weight is 372 g/mol. The summed E-state index contributed by atoms with van der Waals surface area (Å²) in [5.74, 6) is 2.04. The molecule has 0 spiro atoms. The third kappa shape index (κ3) is 4.34. The molecule has 138 valence electrons. The first kappa shape index (κ1) is 17.7. The predicted octanol–water partition coefficient (Wildman–Crippen LogP) is 1.25. The number of nitrogens with zero attached hydrogens (tertiary/aromatic N) is 5. The van der Waals surface area contributed by atoms with Crippen molar-refractivity contribution in [3.8, 4) is 0 Å². The zero-order valence-electron chi connectivity index (χ0n) is 15.0. The van der Waals surface area contributed by atoms with E-state index in [0.717, 1.165) is 68.5 Å². The molecular formula is C19H25N5OS.